The van der Waals surface area contributed by atoms with E-state index in [0.717, 1.165) is 44.2 Å². The molecule has 2 atom stereocenters. The first kappa shape index (κ1) is 30.3. The molecule has 36 heavy (non-hydrogen) atoms. The Balaban J connectivity index is 1.84. The molecule has 6 nitrogen and oxygen atoms in total. The largest absolute Gasteiger partial charge is 0.392 e. The van der Waals surface area contributed by atoms with Crippen LogP contribution in [0.1, 0.15) is 57.6 Å². The second-order valence-corrected chi connectivity index (χ2v) is 10.7. The van der Waals surface area contributed by atoms with Gasteiger partial charge in [-0.05, 0) is 37.3 Å². The molecule has 0 radical (unpaired) electrons. The van der Waals surface area contributed by atoms with Crippen LogP contribution in [-0.4, -0.2) is 70.5 Å². The number of hydrogen-bond donors (Lipinski definition) is 5. The Labute approximate surface area is 223 Å². The van der Waals surface area contributed by atoms with Crippen molar-refractivity contribution >= 4 is 24.2 Å². The van der Waals surface area contributed by atoms with E-state index in [9.17, 15) is 15.0 Å². The van der Waals surface area contributed by atoms with Gasteiger partial charge in [-0.1, -0.05) is 50.3 Å². The van der Waals surface area contributed by atoms with Gasteiger partial charge in [0.1, 0.15) is 6.54 Å². The highest BCUT2D eigenvalue weighted by atomic mass is 32.1. The van der Waals surface area contributed by atoms with Crippen molar-refractivity contribution in [1.82, 2.24) is 10.6 Å². The van der Waals surface area contributed by atoms with Gasteiger partial charge in [0.2, 0.25) is 5.91 Å². The molecule has 1 aliphatic heterocycles. The molecule has 0 saturated carbocycles. The molecule has 2 unspecified atom stereocenters. The molecule has 0 aliphatic carbocycles. The van der Waals surface area contributed by atoms with Gasteiger partial charge in [0.15, 0.2) is 11.9 Å². The topological polar surface area (TPSA) is 84.6 Å². The molecule has 1 aliphatic rings. The minimum absolute atomic E-state index is 0.0561. The lowest BCUT2D eigenvalue weighted by molar-refractivity contribution is -0.459. The molecule has 4 N–H and O–H groups in total. The second kappa shape index (κ2) is 16.0. The van der Waals surface area contributed by atoms with E-state index in [2.05, 4.69) is 76.5 Å². The molecule has 1 aromatic carbocycles. The average Bonchev–Trinajstić information content (AvgIpc) is 3.06. The van der Waals surface area contributed by atoms with E-state index in [1.807, 2.05) is 13.8 Å². The van der Waals surface area contributed by atoms with Gasteiger partial charge in [-0.3, -0.25) is 4.79 Å². The summed E-state index contributed by atoms with van der Waals surface area (Å²) in [6, 6.07) is 8.49. The van der Waals surface area contributed by atoms with Gasteiger partial charge in [-0.25, -0.2) is 4.58 Å². The third kappa shape index (κ3) is 11.4. The van der Waals surface area contributed by atoms with Crippen LogP contribution in [0.5, 0.6) is 0 Å². The van der Waals surface area contributed by atoms with Crippen molar-refractivity contribution in [2.24, 2.45) is 5.41 Å². The van der Waals surface area contributed by atoms with E-state index >= 15 is 0 Å². The van der Waals surface area contributed by atoms with E-state index in [4.69, 9.17) is 0 Å². The van der Waals surface area contributed by atoms with E-state index in [0.29, 0.717) is 31.8 Å². The maximum atomic E-state index is 12.3. The molecule has 1 aromatic rings. The fraction of sp³-hybridized carbons (Fsp3) is 0.586. The standard InChI is InChI=1S/C29H45N3O3S/c1-23(33)20-30-21-27(34)19-25-12-7-10-24(18-25)11-8-14-26-13-5-4-6-16-32(26)17-9-15-31-28(35)29(2,3)22-36/h4-7,10,12,16,18,23,27,30,33-34H,8-9,11,13-15,17,19-22H2,1-3H3,(H-,31,35,36)/p+1. The summed E-state index contributed by atoms with van der Waals surface area (Å²) in [5.41, 5.74) is 3.38. The molecular weight excluding hydrogens is 470 g/mol. The van der Waals surface area contributed by atoms with Crippen LogP contribution >= 0.6 is 12.6 Å². The quantitative estimate of drug-likeness (QED) is 0.133. The molecule has 0 fully saturated rings. The fourth-order valence-electron chi connectivity index (χ4n) is 4.11. The molecule has 2 rings (SSSR count). The average molecular weight is 517 g/mol. The fourth-order valence-corrected chi connectivity index (χ4v) is 4.25. The predicted octanol–water partition coefficient (Wildman–Crippen LogP) is 3.27. The summed E-state index contributed by atoms with van der Waals surface area (Å²) in [6.07, 6.45) is 13.1. The van der Waals surface area contributed by atoms with Gasteiger partial charge < -0.3 is 20.8 Å². The maximum absolute atomic E-state index is 12.3. The van der Waals surface area contributed by atoms with Crippen molar-refractivity contribution in [2.75, 3.05) is 31.9 Å². The minimum Gasteiger partial charge on any atom is -0.392 e. The van der Waals surface area contributed by atoms with Crippen LogP contribution < -0.4 is 10.6 Å². The summed E-state index contributed by atoms with van der Waals surface area (Å²) in [5.74, 6) is 0.586. The smallest absolute Gasteiger partial charge is 0.226 e. The minimum atomic E-state index is -0.471. The number of aryl methyl sites for hydroxylation is 1. The van der Waals surface area contributed by atoms with Gasteiger partial charge in [0.05, 0.1) is 17.6 Å². The van der Waals surface area contributed by atoms with E-state index in [-0.39, 0.29) is 5.91 Å². The van der Waals surface area contributed by atoms with Crippen LogP contribution in [0.25, 0.3) is 0 Å². The van der Waals surface area contributed by atoms with Crippen LogP contribution in [0, 0.1) is 5.41 Å². The van der Waals surface area contributed by atoms with Crippen LogP contribution in [0.15, 0.2) is 48.7 Å². The monoisotopic (exact) mass is 516 g/mol. The first-order valence-corrected chi connectivity index (χ1v) is 13.8. The van der Waals surface area contributed by atoms with Crippen molar-refractivity contribution < 1.29 is 19.6 Å². The summed E-state index contributed by atoms with van der Waals surface area (Å²) in [4.78, 5) is 12.3. The van der Waals surface area contributed by atoms with Crippen molar-refractivity contribution in [2.45, 2.75) is 71.5 Å². The predicted molar refractivity (Wildman–Crippen MR) is 152 cm³/mol. The normalized spacial score (nSPS) is 15.6. The summed E-state index contributed by atoms with van der Waals surface area (Å²) in [6.45, 7) is 8.06. The number of carbonyl (C=O) groups is 1. The summed E-state index contributed by atoms with van der Waals surface area (Å²) in [5, 5.41) is 25.8. The number of hydrogen-bond acceptors (Lipinski definition) is 5. The molecule has 1 heterocycles. The summed E-state index contributed by atoms with van der Waals surface area (Å²) >= 11 is 4.28. The number of amides is 1. The lowest BCUT2D eigenvalue weighted by Crippen LogP contribution is -2.39. The Morgan fingerprint density at radius 3 is 2.67 bits per heavy atom. The number of nitrogens with zero attached hydrogens (tertiary/aromatic N) is 1. The van der Waals surface area contributed by atoms with Gasteiger partial charge in [0, 0.05) is 50.7 Å². The summed E-state index contributed by atoms with van der Waals surface area (Å²) < 4.78 is 2.34. The Bertz CT molecular complexity index is 909. The van der Waals surface area contributed by atoms with E-state index in [1.54, 1.807) is 6.92 Å². The van der Waals surface area contributed by atoms with E-state index < -0.39 is 17.6 Å². The maximum Gasteiger partial charge on any atom is 0.226 e. The van der Waals surface area contributed by atoms with Crippen LogP contribution in [0.3, 0.4) is 0 Å². The number of nitrogens with one attached hydrogen (secondary N) is 2. The first-order valence-electron chi connectivity index (χ1n) is 13.2. The van der Waals surface area contributed by atoms with Gasteiger partial charge >= 0.3 is 0 Å². The second-order valence-electron chi connectivity index (χ2n) is 10.4. The number of thiol groups is 1. The molecule has 0 spiro atoms. The van der Waals surface area contributed by atoms with Crippen molar-refractivity contribution in [3.63, 3.8) is 0 Å². The van der Waals surface area contributed by atoms with Crippen molar-refractivity contribution in [3.8, 4) is 0 Å². The lowest BCUT2D eigenvalue weighted by Gasteiger charge is -2.20. The molecule has 1 amide bonds. The highest BCUT2D eigenvalue weighted by molar-refractivity contribution is 7.80. The molecule has 0 bridgehead atoms. The Morgan fingerprint density at radius 2 is 1.92 bits per heavy atom. The lowest BCUT2D eigenvalue weighted by atomic mass is 9.95. The highest BCUT2D eigenvalue weighted by Gasteiger charge is 2.25. The Kier molecular flexibility index (Phi) is 13.5. The van der Waals surface area contributed by atoms with Crippen molar-refractivity contribution in [3.05, 3.63) is 59.8 Å². The van der Waals surface area contributed by atoms with Gasteiger partial charge in [-0.15, -0.1) is 0 Å². The number of aliphatic hydroxyl groups is 2. The molecule has 0 saturated heterocycles. The van der Waals surface area contributed by atoms with Crippen molar-refractivity contribution in [1.29, 1.82) is 0 Å². The third-order valence-electron chi connectivity index (χ3n) is 6.36. The number of rotatable bonds is 16. The Morgan fingerprint density at radius 1 is 1.14 bits per heavy atom. The van der Waals surface area contributed by atoms with Gasteiger partial charge in [0.25, 0.3) is 0 Å². The van der Waals surface area contributed by atoms with Crippen LogP contribution in [0.4, 0.5) is 0 Å². The number of benzene rings is 1. The molecular formula is C29H46N3O3S+. The van der Waals surface area contributed by atoms with Crippen LogP contribution in [-0.2, 0) is 17.6 Å². The highest BCUT2D eigenvalue weighted by Crippen LogP contribution is 2.16. The zero-order valence-corrected chi connectivity index (χ0v) is 23.1. The SMILES string of the molecule is CC(O)CNCC(O)Cc1cccc(CCCC2=[N+](CCCNC(=O)C(C)(C)CS)C=CC=CC2)c1. The molecule has 0 aromatic heterocycles. The zero-order chi connectivity index (χ0) is 26.4. The number of aliphatic hydroxyl groups excluding tert-OH is 2. The van der Waals surface area contributed by atoms with Gasteiger partial charge in [-0.2, -0.15) is 12.6 Å². The number of carbonyl (C=O) groups excluding carboxylic acids is 1. The third-order valence-corrected chi connectivity index (χ3v) is 7.15. The molecule has 200 valence electrons. The number of allylic oxidation sites excluding steroid dienone is 3. The first-order chi connectivity index (χ1) is 17.2. The van der Waals surface area contributed by atoms with E-state index in [1.165, 1.54) is 11.3 Å². The zero-order valence-electron chi connectivity index (χ0n) is 22.2. The Hall–Kier alpha value is -1.93. The summed E-state index contributed by atoms with van der Waals surface area (Å²) in [7, 11) is 0. The van der Waals surface area contributed by atoms with Crippen LogP contribution in [0.2, 0.25) is 0 Å². The molecule has 7 heteroatoms.